The molecule has 1 aromatic heterocycles. The van der Waals surface area contributed by atoms with Gasteiger partial charge in [0.15, 0.2) is 0 Å². The highest BCUT2D eigenvalue weighted by Crippen LogP contribution is 2.26. The van der Waals surface area contributed by atoms with Crippen LogP contribution in [0.25, 0.3) is 0 Å². The average Bonchev–Trinajstić information content (AvgIpc) is 2.23. The number of nitrogens with zero attached hydrogens (tertiary/aromatic N) is 2. The van der Waals surface area contributed by atoms with Crippen LogP contribution in [0.2, 0.25) is 0 Å². The van der Waals surface area contributed by atoms with Crippen molar-refractivity contribution in [2.75, 3.05) is 5.73 Å². The third-order valence-corrected chi connectivity index (χ3v) is 2.30. The SMILES string of the molecule is Cc1nc(N)c(C)c(Oc2cc(F)cc(F)c2)n1. The molecule has 1 heterocycles. The van der Waals surface area contributed by atoms with E-state index in [2.05, 4.69) is 9.97 Å². The Bertz CT molecular complexity index is 582. The molecule has 18 heavy (non-hydrogen) atoms. The topological polar surface area (TPSA) is 61.0 Å². The lowest BCUT2D eigenvalue weighted by Gasteiger charge is -2.09. The van der Waals surface area contributed by atoms with Gasteiger partial charge in [-0.15, -0.1) is 0 Å². The zero-order valence-corrected chi connectivity index (χ0v) is 9.87. The van der Waals surface area contributed by atoms with Gasteiger partial charge in [0.25, 0.3) is 0 Å². The molecule has 0 aliphatic carbocycles. The third kappa shape index (κ3) is 2.53. The lowest BCUT2D eigenvalue weighted by Crippen LogP contribution is -2.02. The van der Waals surface area contributed by atoms with Crippen LogP contribution in [0, 0.1) is 25.5 Å². The molecule has 0 amide bonds. The van der Waals surface area contributed by atoms with Crippen molar-refractivity contribution >= 4 is 5.82 Å². The summed E-state index contributed by atoms with van der Waals surface area (Å²) in [5.41, 5.74) is 6.17. The molecule has 0 fully saturated rings. The Hall–Kier alpha value is -2.24. The van der Waals surface area contributed by atoms with Gasteiger partial charge in [-0.3, -0.25) is 0 Å². The number of benzene rings is 1. The number of aromatic nitrogens is 2. The molecule has 4 nitrogen and oxygen atoms in total. The fourth-order valence-corrected chi connectivity index (χ4v) is 1.42. The second kappa shape index (κ2) is 4.56. The molecule has 0 unspecified atom stereocenters. The van der Waals surface area contributed by atoms with Crippen molar-refractivity contribution in [1.82, 2.24) is 9.97 Å². The molecule has 0 spiro atoms. The summed E-state index contributed by atoms with van der Waals surface area (Å²) in [6, 6.07) is 2.89. The molecule has 0 bridgehead atoms. The van der Waals surface area contributed by atoms with Gasteiger partial charge in [-0.2, -0.15) is 4.98 Å². The number of nitrogen functional groups attached to an aromatic ring is 1. The third-order valence-electron chi connectivity index (χ3n) is 2.30. The number of nitrogens with two attached hydrogens (primary N) is 1. The Morgan fingerprint density at radius 1 is 1.06 bits per heavy atom. The average molecular weight is 251 g/mol. The predicted octanol–water partition coefficient (Wildman–Crippen LogP) is 2.75. The normalized spacial score (nSPS) is 10.4. The van der Waals surface area contributed by atoms with Gasteiger partial charge in [0.1, 0.15) is 29.0 Å². The summed E-state index contributed by atoms with van der Waals surface area (Å²) in [6.07, 6.45) is 0. The summed E-state index contributed by atoms with van der Waals surface area (Å²) in [7, 11) is 0. The van der Waals surface area contributed by atoms with E-state index >= 15 is 0 Å². The second-order valence-corrected chi connectivity index (χ2v) is 3.79. The van der Waals surface area contributed by atoms with Crippen LogP contribution < -0.4 is 10.5 Å². The lowest BCUT2D eigenvalue weighted by atomic mass is 10.3. The maximum atomic E-state index is 13.0. The van der Waals surface area contributed by atoms with Gasteiger partial charge in [0.05, 0.1) is 5.56 Å². The number of halogens is 2. The van der Waals surface area contributed by atoms with Crippen molar-refractivity contribution in [2.45, 2.75) is 13.8 Å². The first kappa shape index (κ1) is 12.2. The molecule has 94 valence electrons. The van der Waals surface area contributed by atoms with E-state index < -0.39 is 11.6 Å². The highest BCUT2D eigenvalue weighted by molar-refractivity contribution is 5.45. The van der Waals surface area contributed by atoms with Crippen molar-refractivity contribution in [3.63, 3.8) is 0 Å². The van der Waals surface area contributed by atoms with Crippen molar-refractivity contribution in [3.8, 4) is 11.6 Å². The summed E-state index contributed by atoms with van der Waals surface area (Å²) >= 11 is 0. The first-order chi connectivity index (χ1) is 8.45. The first-order valence-electron chi connectivity index (χ1n) is 5.20. The molecule has 6 heteroatoms. The molecule has 2 N–H and O–H groups in total. The molecule has 0 saturated heterocycles. The maximum absolute atomic E-state index is 13.0. The van der Waals surface area contributed by atoms with E-state index in [1.807, 2.05) is 0 Å². The van der Waals surface area contributed by atoms with Crippen LogP contribution in [0.4, 0.5) is 14.6 Å². The Morgan fingerprint density at radius 2 is 1.67 bits per heavy atom. The van der Waals surface area contributed by atoms with E-state index in [4.69, 9.17) is 10.5 Å². The Balaban J connectivity index is 2.39. The van der Waals surface area contributed by atoms with E-state index in [9.17, 15) is 8.78 Å². The molecule has 1 aromatic carbocycles. The number of anilines is 1. The van der Waals surface area contributed by atoms with Crippen LogP contribution in [0.1, 0.15) is 11.4 Å². The van der Waals surface area contributed by atoms with Crippen LogP contribution in [-0.4, -0.2) is 9.97 Å². The lowest BCUT2D eigenvalue weighted by molar-refractivity contribution is 0.445. The summed E-state index contributed by atoms with van der Waals surface area (Å²) in [5, 5.41) is 0. The van der Waals surface area contributed by atoms with Crippen molar-refractivity contribution in [1.29, 1.82) is 0 Å². The number of aryl methyl sites for hydroxylation is 1. The van der Waals surface area contributed by atoms with Gasteiger partial charge in [-0.1, -0.05) is 0 Å². The standard InChI is InChI=1S/C12H11F2N3O/c1-6-11(15)16-7(2)17-12(6)18-10-4-8(13)3-9(14)5-10/h3-5H,1-2H3,(H2,15,16,17). The van der Waals surface area contributed by atoms with Crippen LogP contribution in [0.15, 0.2) is 18.2 Å². The first-order valence-corrected chi connectivity index (χ1v) is 5.20. The summed E-state index contributed by atoms with van der Waals surface area (Å²) in [5.74, 6) is -0.541. The Labute approximate surface area is 102 Å². The minimum Gasteiger partial charge on any atom is -0.438 e. The Kier molecular flexibility index (Phi) is 3.10. The smallest absolute Gasteiger partial charge is 0.227 e. The number of hydrogen-bond acceptors (Lipinski definition) is 4. The van der Waals surface area contributed by atoms with Crippen LogP contribution in [0.5, 0.6) is 11.6 Å². The van der Waals surface area contributed by atoms with Crippen molar-refractivity contribution in [2.24, 2.45) is 0 Å². The summed E-state index contributed by atoms with van der Waals surface area (Å²) in [6.45, 7) is 3.31. The van der Waals surface area contributed by atoms with E-state index in [1.54, 1.807) is 13.8 Å². The molecular formula is C12H11F2N3O. The van der Waals surface area contributed by atoms with E-state index in [-0.39, 0.29) is 17.4 Å². The number of hydrogen-bond donors (Lipinski definition) is 1. The summed E-state index contributed by atoms with van der Waals surface area (Å²) < 4.78 is 31.3. The minimum atomic E-state index is -0.721. The minimum absolute atomic E-state index is 0.0214. The van der Waals surface area contributed by atoms with Crippen molar-refractivity contribution < 1.29 is 13.5 Å². The highest BCUT2D eigenvalue weighted by atomic mass is 19.1. The zero-order chi connectivity index (χ0) is 13.3. The van der Waals surface area contributed by atoms with Gasteiger partial charge >= 0.3 is 0 Å². The molecule has 0 radical (unpaired) electrons. The molecule has 0 atom stereocenters. The fourth-order valence-electron chi connectivity index (χ4n) is 1.42. The molecule has 2 rings (SSSR count). The predicted molar refractivity (Wildman–Crippen MR) is 62.4 cm³/mol. The van der Waals surface area contributed by atoms with Gasteiger partial charge < -0.3 is 10.5 Å². The van der Waals surface area contributed by atoms with Gasteiger partial charge in [0.2, 0.25) is 5.88 Å². The quantitative estimate of drug-likeness (QED) is 0.891. The van der Waals surface area contributed by atoms with Crippen molar-refractivity contribution in [3.05, 3.63) is 41.2 Å². The monoisotopic (exact) mass is 251 g/mol. The van der Waals surface area contributed by atoms with Gasteiger partial charge in [-0.05, 0) is 13.8 Å². The molecule has 2 aromatic rings. The number of ether oxygens (including phenoxy) is 1. The molecular weight excluding hydrogens is 240 g/mol. The zero-order valence-electron chi connectivity index (χ0n) is 9.87. The van der Waals surface area contributed by atoms with E-state index in [0.717, 1.165) is 18.2 Å². The van der Waals surface area contributed by atoms with Crippen LogP contribution >= 0.6 is 0 Å². The molecule has 0 aliphatic heterocycles. The van der Waals surface area contributed by atoms with Gasteiger partial charge in [0, 0.05) is 18.2 Å². The highest BCUT2D eigenvalue weighted by Gasteiger charge is 2.10. The molecule has 0 saturated carbocycles. The van der Waals surface area contributed by atoms with E-state index in [1.165, 1.54) is 0 Å². The Morgan fingerprint density at radius 3 is 2.28 bits per heavy atom. The largest absolute Gasteiger partial charge is 0.438 e. The van der Waals surface area contributed by atoms with Crippen LogP contribution in [0.3, 0.4) is 0 Å². The maximum Gasteiger partial charge on any atom is 0.227 e. The van der Waals surface area contributed by atoms with E-state index in [0.29, 0.717) is 11.4 Å². The number of rotatable bonds is 2. The van der Waals surface area contributed by atoms with Crippen LogP contribution in [-0.2, 0) is 0 Å². The second-order valence-electron chi connectivity index (χ2n) is 3.79. The summed E-state index contributed by atoms with van der Waals surface area (Å²) in [4.78, 5) is 7.98. The fraction of sp³-hybridized carbons (Fsp3) is 0.167. The molecule has 0 aliphatic rings. The van der Waals surface area contributed by atoms with Gasteiger partial charge in [-0.25, -0.2) is 13.8 Å².